The van der Waals surface area contributed by atoms with E-state index < -0.39 is 0 Å². The molecule has 0 N–H and O–H groups in total. The normalized spacial score (nSPS) is 18.4. The molecule has 7 nitrogen and oxygen atoms in total. The zero-order chi connectivity index (χ0) is 16.7. The summed E-state index contributed by atoms with van der Waals surface area (Å²) in [5.41, 5.74) is 0.982. The van der Waals surface area contributed by atoms with E-state index in [1.807, 2.05) is 25.1 Å². The van der Waals surface area contributed by atoms with Crippen molar-refractivity contribution in [2.75, 3.05) is 19.7 Å². The van der Waals surface area contributed by atoms with Gasteiger partial charge in [-0.15, -0.1) is 0 Å². The summed E-state index contributed by atoms with van der Waals surface area (Å²) in [7, 11) is 0. The number of para-hydroxylation sites is 1. The molecule has 24 heavy (non-hydrogen) atoms. The van der Waals surface area contributed by atoms with E-state index in [0.717, 1.165) is 5.39 Å². The summed E-state index contributed by atoms with van der Waals surface area (Å²) in [6, 6.07) is 7.36. The molecule has 1 saturated heterocycles. The van der Waals surface area contributed by atoms with E-state index in [1.54, 1.807) is 11.0 Å². The minimum Gasteiger partial charge on any atom is -0.448 e. The molecule has 2 aromatic heterocycles. The molecule has 0 spiro atoms. The highest BCUT2D eigenvalue weighted by Crippen LogP contribution is 2.24. The van der Waals surface area contributed by atoms with Crippen LogP contribution in [0.25, 0.3) is 22.1 Å². The molecular weight excluding hydrogens is 310 g/mol. The van der Waals surface area contributed by atoms with Crippen LogP contribution in [0, 0.1) is 0 Å². The van der Waals surface area contributed by atoms with Crippen molar-refractivity contribution in [3.05, 3.63) is 40.9 Å². The van der Waals surface area contributed by atoms with Gasteiger partial charge in [0.15, 0.2) is 0 Å². The fourth-order valence-corrected chi connectivity index (χ4v) is 3.02. The predicted octanol–water partition coefficient (Wildman–Crippen LogP) is 1.39. The maximum atomic E-state index is 12.6. The zero-order valence-electron chi connectivity index (χ0n) is 13.3. The van der Waals surface area contributed by atoms with Gasteiger partial charge in [0.25, 0.3) is 5.56 Å². The first-order valence-corrected chi connectivity index (χ1v) is 7.89. The zero-order valence-corrected chi connectivity index (χ0v) is 13.3. The van der Waals surface area contributed by atoms with Gasteiger partial charge in [-0.1, -0.05) is 12.1 Å². The van der Waals surface area contributed by atoms with E-state index in [1.165, 1.54) is 10.9 Å². The van der Waals surface area contributed by atoms with Gasteiger partial charge in [-0.2, -0.15) is 0 Å². The van der Waals surface area contributed by atoms with Gasteiger partial charge in [-0.3, -0.25) is 14.2 Å². The Morgan fingerprint density at radius 2 is 2.21 bits per heavy atom. The lowest BCUT2D eigenvalue weighted by molar-refractivity contribution is -0.138. The highest BCUT2D eigenvalue weighted by atomic mass is 16.5. The predicted molar refractivity (Wildman–Crippen MR) is 87.8 cm³/mol. The number of rotatable bonds is 2. The lowest BCUT2D eigenvalue weighted by Crippen LogP contribution is -2.46. The van der Waals surface area contributed by atoms with Crippen LogP contribution in [0.3, 0.4) is 0 Å². The van der Waals surface area contributed by atoms with Crippen LogP contribution >= 0.6 is 0 Å². The molecule has 1 unspecified atom stereocenters. The number of carbonyl (C=O) groups is 1. The molecule has 1 aliphatic heterocycles. The van der Waals surface area contributed by atoms with Crippen LogP contribution in [0.15, 0.2) is 39.8 Å². The summed E-state index contributed by atoms with van der Waals surface area (Å²) in [5, 5.41) is 0.796. The van der Waals surface area contributed by atoms with E-state index >= 15 is 0 Å². The number of nitrogens with zero attached hydrogens (tertiary/aromatic N) is 3. The number of morpholine rings is 1. The summed E-state index contributed by atoms with van der Waals surface area (Å²) >= 11 is 0. The fourth-order valence-electron chi connectivity index (χ4n) is 3.02. The molecule has 4 rings (SSSR count). The highest BCUT2D eigenvalue weighted by Gasteiger charge is 2.22. The average Bonchev–Trinajstić information content (AvgIpc) is 2.97. The molecule has 1 atom stereocenters. The fraction of sp³-hybridized carbons (Fsp3) is 0.353. The number of hydrogen-bond acceptors (Lipinski definition) is 5. The summed E-state index contributed by atoms with van der Waals surface area (Å²) in [5.74, 6) is -0.121. The molecule has 3 heterocycles. The molecule has 1 aromatic carbocycles. The molecule has 1 fully saturated rings. The van der Waals surface area contributed by atoms with Gasteiger partial charge in [0.2, 0.25) is 11.5 Å². The third kappa shape index (κ3) is 2.46. The Labute approximate surface area is 137 Å². The largest absolute Gasteiger partial charge is 0.448 e. The number of benzene rings is 1. The summed E-state index contributed by atoms with van der Waals surface area (Å²) in [6.07, 6.45) is 1.42. The highest BCUT2D eigenvalue weighted by molar-refractivity contribution is 6.01. The summed E-state index contributed by atoms with van der Waals surface area (Å²) in [6.45, 7) is 3.47. The van der Waals surface area contributed by atoms with E-state index in [2.05, 4.69) is 4.98 Å². The van der Waals surface area contributed by atoms with Gasteiger partial charge >= 0.3 is 0 Å². The first kappa shape index (κ1) is 14.9. The molecular formula is C17H17N3O4. The van der Waals surface area contributed by atoms with E-state index in [9.17, 15) is 9.59 Å². The van der Waals surface area contributed by atoms with Crippen molar-refractivity contribution in [3.63, 3.8) is 0 Å². The molecule has 124 valence electrons. The molecule has 3 aromatic rings. The van der Waals surface area contributed by atoms with Gasteiger partial charge in [-0.05, 0) is 19.1 Å². The van der Waals surface area contributed by atoms with Crippen molar-refractivity contribution in [2.45, 2.75) is 19.6 Å². The first-order chi connectivity index (χ1) is 11.6. The van der Waals surface area contributed by atoms with Crippen LogP contribution in [0.4, 0.5) is 0 Å². The Balaban J connectivity index is 1.67. The third-order valence-corrected chi connectivity index (χ3v) is 4.25. The van der Waals surface area contributed by atoms with Crippen LogP contribution < -0.4 is 5.56 Å². The Morgan fingerprint density at radius 1 is 1.38 bits per heavy atom. The third-order valence-electron chi connectivity index (χ3n) is 4.25. The minimum absolute atomic E-state index is 0.00963. The number of carbonyl (C=O) groups excluding carboxylic acids is 1. The Bertz CT molecular complexity index is 975. The quantitative estimate of drug-likeness (QED) is 0.711. The SMILES string of the molecule is CC1CN(C(=O)Cn2cnc3c(oc4ccccc43)c2=O)CCO1. The van der Waals surface area contributed by atoms with Gasteiger partial charge in [0, 0.05) is 18.5 Å². The van der Waals surface area contributed by atoms with Crippen molar-refractivity contribution in [1.82, 2.24) is 14.5 Å². The van der Waals surface area contributed by atoms with Crippen LogP contribution in [0.5, 0.6) is 0 Å². The Morgan fingerprint density at radius 3 is 3.04 bits per heavy atom. The Kier molecular flexibility index (Phi) is 3.57. The van der Waals surface area contributed by atoms with Gasteiger partial charge in [-0.25, -0.2) is 4.98 Å². The smallest absolute Gasteiger partial charge is 0.297 e. The van der Waals surface area contributed by atoms with Gasteiger partial charge in [0.1, 0.15) is 17.6 Å². The first-order valence-electron chi connectivity index (χ1n) is 7.89. The maximum Gasteiger partial charge on any atom is 0.297 e. The second kappa shape index (κ2) is 5.76. The number of aromatic nitrogens is 2. The minimum atomic E-state index is -0.342. The van der Waals surface area contributed by atoms with Crippen molar-refractivity contribution in [1.29, 1.82) is 0 Å². The van der Waals surface area contributed by atoms with E-state index in [-0.39, 0.29) is 29.7 Å². The standard InChI is InChI=1S/C17H17N3O4/c1-11-8-19(6-7-23-11)14(21)9-20-10-18-15-12-4-2-3-5-13(12)24-16(15)17(20)22/h2-5,10-11H,6-9H2,1H3. The van der Waals surface area contributed by atoms with Gasteiger partial charge in [0.05, 0.1) is 19.0 Å². The number of furan rings is 1. The second-order valence-electron chi connectivity index (χ2n) is 5.97. The van der Waals surface area contributed by atoms with Crippen molar-refractivity contribution in [2.24, 2.45) is 0 Å². The number of amides is 1. The number of ether oxygens (including phenoxy) is 1. The molecule has 1 aliphatic rings. The van der Waals surface area contributed by atoms with E-state index in [4.69, 9.17) is 9.15 Å². The molecule has 0 bridgehead atoms. The Hall–Kier alpha value is -2.67. The topological polar surface area (TPSA) is 77.6 Å². The van der Waals surface area contributed by atoms with E-state index in [0.29, 0.717) is 30.8 Å². The second-order valence-corrected chi connectivity index (χ2v) is 5.97. The van der Waals surface area contributed by atoms with Crippen LogP contribution in [0.2, 0.25) is 0 Å². The lowest BCUT2D eigenvalue weighted by Gasteiger charge is -2.31. The molecule has 0 saturated carbocycles. The molecule has 7 heteroatoms. The maximum absolute atomic E-state index is 12.6. The van der Waals surface area contributed by atoms with Crippen molar-refractivity contribution < 1.29 is 13.9 Å². The van der Waals surface area contributed by atoms with Crippen molar-refractivity contribution >= 4 is 28.0 Å². The number of hydrogen-bond donors (Lipinski definition) is 0. The summed E-state index contributed by atoms with van der Waals surface area (Å²) in [4.78, 5) is 31.1. The van der Waals surface area contributed by atoms with Crippen LogP contribution in [0.1, 0.15) is 6.92 Å². The average molecular weight is 327 g/mol. The monoisotopic (exact) mass is 327 g/mol. The van der Waals surface area contributed by atoms with Crippen molar-refractivity contribution in [3.8, 4) is 0 Å². The van der Waals surface area contributed by atoms with Crippen LogP contribution in [-0.4, -0.2) is 46.2 Å². The van der Waals surface area contributed by atoms with Gasteiger partial charge < -0.3 is 14.1 Å². The summed E-state index contributed by atoms with van der Waals surface area (Å²) < 4.78 is 12.4. The van der Waals surface area contributed by atoms with Crippen LogP contribution in [-0.2, 0) is 16.1 Å². The number of fused-ring (bicyclic) bond motifs is 3. The lowest BCUT2D eigenvalue weighted by atomic mass is 10.2. The molecule has 1 amide bonds. The molecule has 0 radical (unpaired) electrons. The molecule has 0 aliphatic carbocycles.